The number of hydrogen-bond acceptors (Lipinski definition) is 6. The highest BCUT2D eigenvalue weighted by atomic mass is 35.5. The van der Waals surface area contributed by atoms with E-state index in [1.54, 1.807) is 7.11 Å². The number of fused-ring (bicyclic) bond motifs is 1. The molecule has 2 aliphatic rings. The number of hydrogen-bond donors (Lipinski definition) is 0. The van der Waals surface area contributed by atoms with E-state index >= 15 is 0 Å². The van der Waals surface area contributed by atoms with Gasteiger partial charge in [0.15, 0.2) is 0 Å². The van der Waals surface area contributed by atoms with Crippen molar-refractivity contribution in [2.75, 3.05) is 57.7 Å². The summed E-state index contributed by atoms with van der Waals surface area (Å²) >= 11 is 0. The number of aromatic nitrogens is 2. The molecule has 0 spiro atoms. The van der Waals surface area contributed by atoms with Crippen molar-refractivity contribution >= 4 is 36.6 Å². The second kappa shape index (κ2) is 9.37. The van der Waals surface area contributed by atoms with Crippen molar-refractivity contribution < 1.29 is 4.74 Å². The first-order valence-electron chi connectivity index (χ1n) is 9.58. The first-order chi connectivity index (χ1) is 13.0. The highest BCUT2D eigenvalue weighted by molar-refractivity contribution is 5.85. The molecule has 1 aromatic carbocycles. The van der Waals surface area contributed by atoms with Gasteiger partial charge in [-0.2, -0.15) is 4.98 Å². The van der Waals surface area contributed by atoms with E-state index in [9.17, 15) is 0 Å². The zero-order valence-corrected chi connectivity index (χ0v) is 19.3. The number of aryl methyl sites for hydroxylation is 1. The molecule has 2 aliphatic heterocycles. The third-order valence-electron chi connectivity index (χ3n) is 5.99. The van der Waals surface area contributed by atoms with Gasteiger partial charge in [-0.25, -0.2) is 4.98 Å². The summed E-state index contributed by atoms with van der Waals surface area (Å²) in [6, 6.07) is 8.98. The predicted octanol–water partition coefficient (Wildman–Crippen LogP) is 3.44. The number of anilines is 2. The van der Waals surface area contributed by atoms with E-state index in [0.29, 0.717) is 17.9 Å². The number of nitrogens with zero attached hydrogens (tertiary/aromatic N) is 5. The van der Waals surface area contributed by atoms with Crippen molar-refractivity contribution in [2.24, 2.45) is 11.8 Å². The van der Waals surface area contributed by atoms with Gasteiger partial charge in [-0.05, 0) is 37.6 Å². The van der Waals surface area contributed by atoms with Gasteiger partial charge in [0.05, 0.1) is 7.11 Å². The Balaban J connectivity index is 0.00000150. The lowest BCUT2D eigenvalue weighted by Gasteiger charge is -2.27. The van der Waals surface area contributed by atoms with E-state index in [1.165, 1.54) is 5.56 Å². The third-order valence-corrected chi connectivity index (χ3v) is 5.99. The lowest BCUT2D eigenvalue weighted by atomic mass is 9.89. The number of benzene rings is 1. The average Bonchev–Trinajstić information content (AvgIpc) is 3.18. The molecule has 2 aromatic rings. The molecule has 160 valence electrons. The Labute approximate surface area is 186 Å². The summed E-state index contributed by atoms with van der Waals surface area (Å²) in [7, 11) is 8.02. The molecule has 0 radical (unpaired) electrons. The van der Waals surface area contributed by atoms with Gasteiger partial charge in [-0.1, -0.05) is 12.1 Å². The molecule has 2 saturated heterocycles. The van der Waals surface area contributed by atoms with Crippen molar-refractivity contribution in [3.05, 3.63) is 41.6 Å². The van der Waals surface area contributed by atoms with Crippen molar-refractivity contribution in [3.63, 3.8) is 0 Å². The van der Waals surface area contributed by atoms with Gasteiger partial charge < -0.3 is 14.5 Å². The van der Waals surface area contributed by atoms with Crippen molar-refractivity contribution in [1.82, 2.24) is 14.9 Å². The summed E-state index contributed by atoms with van der Waals surface area (Å²) in [5.41, 5.74) is 2.48. The fourth-order valence-electron chi connectivity index (χ4n) is 4.75. The van der Waals surface area contributed by atoms with E-state index in [4.69, 9.17) is 9.72 Å². The van der Waals surface area contributed by atoms with Gasteiger partial charge >= 0.3 is 0 Å². The van der Waals surface area contributed by atoms with Crippen LogP contribution in [0.3, 0.4) is 0 Å². The number of methoxy groups -OCH3 is 1. The van der Waals surface area contributed by atoms with Gasteiger partial charge in [-0.15, -0.1) is 24.8 Å². The highest BCUT2D eigenvalue weighted by Gasteiger charge is 2.46. The van der Waals surface area contributed by atoms with E-state index < -0.39 is 0 Å². The van der Waals surface area contributed by atoms with Crippen LogP contribution < -0.4 is 14.5 Å². The molecular formula is C21H31Cl2N5O. The molecule has 29 heavy (non-hydrogen) atoms. The Kier molecular flexibility index (Phi) is 7.60. The Bertz CT molecular complexity index is 817. The maximum Gasteiger partial charge on any atom is 0.227 e. The zero-order valence-electron chi connectivity index (χ0n) is 17.7. The molecule has 1 aromatic heterocycles. The fourth-order valence-corrected chi connectivity index (χ4v) is 4.75. The smallest absolute Gasteiger partial charge is 0.227 e. The molecule has 8 heteroatoms. The minimum atomic E-state index is 0. The van der Waals surface area contributed by atoms with Crippen molar-refractivity contribution in [1.29, 1.82) is 0 Å². The fraction of sp³-hybridized carbons (Fsp3) is 0.524. The van der Waals surface area contributed by atoms with Crippen LogP contribution >= 0.6 is 24.8 Å². The largest absolute Gasteiger partial charge is 0.497 e. The summed E-state index contributed by atoms with van der Waals surface area (Å²) in [5, 5.41) is 0. The standard InChI is InChI=1S/C21H29N5O.2ClH/c1-14-10-22-21(23-20(14)24(2)3)26-12-16-11-25(4)19(18(16)13-26)15-6-8-17(27-5)9-7-15;;/h6-10,16,18-19H,11-13H2,1-5H3;2*1H/t16-,18+,19-;;/m0../s1. The van der Waals surface area contributed by atoms with Gasteiger partial charge in [0, 0.05) is 57.4 Å². The quantitative estimate of drug-likeness (QED) is 0.726. The van der Waals surface area contributed by atoms with Crippen LogP contribution in [0.1, 0.15) is 17.2 Å². The molecule has 3 heterocycles. The summed E-state index contributed by atoms with van der Waals surface area (Å²) < 4.78 is 5.32. The number of likely N-dealkylation sites (tertiary alicyclic amines) is 1. The second-order valence-corrected chi connectivity index (χ2v) is 8.06. The van der Waals surface area contributed by atoms with Gasteiger partial charge in [0.1, 0.15) is 11.6 Å². The molecule has 2 fully saturated rings. The van der Waals surface area contributed by atoms with E-state index in [2.05, 4.69) is 57.9 Å². The molecular weight excluding hydrogens is 409 g/mol. The summed E-state index contributed by atoms with van der Waals surface area (Å²) in [4.78, 5) is 16.4. The second-order valence-electron chi connectivity index (χ2n) is 8.06. The molecule has 0 unspecified atom stereocenters. The lowest BCUT2D eigenvalue weighted by molar-refractivity contribution is 0.279. The van der Waals surface area contributed by atoms with E-state index in [-0.39, 0.29) is 24.8 Å². The summed E-state index contributed by atoms with van der Waals surface area (Å²) in [6.45, 7) is 5.20. The number of halogens is 2. The zero-order chi connectivity index (χ0) is 19.1. The first kappa shape index (κ1) is 23.5. The maximum atomic E-state index is 5.32. The highest BCUT2D eigenvalue weighted by Crippen LogP contribution is 2.45. The van der Waals surface area contributed by atoms with Gasteiger partial charge in [0.2, 0.25) is 5.95 Å². The summed E-state index contributed by atoms with van der Waals surface area (Å²) in [5.74, 6) is 4.01. The maximum absolute atomic E-state index is 5.32. The predicted molar refractivity (Wildman–Crippen MR) is 123 cm³/mol. The SMILES string of the molecule is COc1ccc([C@H]2[C@@H]3CN(c4ncc(C)c(N(C)C)n4)C[C@@H]3CN2C)cc1.Cl.Cl. The molecule has 0 N–H and O–H groups in total. The van der Waals surface area contributed by atoms with Gasteiger partial charge in [0.25, 0.3) is 0 Å². The first-order valence-corrected chi connectivity index (χ1v) is 9.58. The molecule has 0 amide bonds. The van der Waals surface area contributed by atoms with E-state index in [1.807, 2.05) is 20.3 Å². The van der Waals surface area contributed by atoms with Crippen LogP contribution in [0.15, 0.2) is 30.5 Å². The van der Waals surface area contributed by atoms with Crippen LogP contribution in [-0.4, -0.2) is 62.8 Å². The molecule has 0 bridgehead atoms. The molecule has 3 atom stereocenters. The number of ether oxygens (including phenoxy) is 1. The van der Waals surface area contributed by atoms with E-state index in [0.717, 1.165) is 42.7 Å². The van der Waals surface area contributed by atoms with Gasteiger partial charge in [-0.3, -0.25) is 4.90 Å². The van der Waals surface area contributed by atoms with Crippen LogP contribution in [0.4, 0.5) is 11.8 Å². The Hall–Kier alpha value is -1.76. The minimum Gasteiger partial charge on any atom is -0.497 e. The summed E-state index contributed by atoms with van der Waals surface area (Å²) in [6.07, 6.45) is 1.94. The molecule has 0 aliphatic carbocycles. The Morgan fingerprint density at radius 1 is 1.07 bits per heavy atom. The molecule has 0 saturated carbocycles. The van der Waals surface area contributed by atoms with Crippen molar-refractivity contribution in [3.8, 4) is 5.75 Å². The normalized spacial score (nSPS) is 23.2. The van der Waals surface area contributed by atoms with Crippen LogP contribution in [-0.2, 0) is 0 Å². The van der Waals surface area contributed by atoms with Crippen LogP contribution in [0.2, 0.25) is 0 Å². The van der Waals surface area contributed by atoms with Crippen LogP contribution in [0.5, 0.6) is 5.75 Å². The topological polar surface area (TPSA) is 44.7 Å². The Morgan fingerprint density at radius 3 is 2.38 bits per heavy atom. The van der Waals surface area contributed by atoms with Crippen LogP contribution in [0.25, 0.3) is 0 Å². The Morgan fingerprint density at radius 2 is 1.76 bits per heavy atom. The van der Waals surface area contributed by atoms with Crippen LogP contribution in [0, 0.1) is 18.8 Å². The third kappa shape index (κ3) is 4.39. The minimum absolute atomic E-state index is 0. The van der Waals surface area contributed by atoms with Crippen molar-refractivity contribution in [2.45, 2.75) is 13.0 Å². The average molecular weight is 440 g/mol. The molecule has 4 rings (SSSR count). The number of rotatable bonds is 4. The lowest BCUT2D eigenvalue weighted by Crippen LogP contribution is -2.30. The monoisotopic (exact) mass is 439 g/mol. The molecule has 6 nitrogen and oxygen atoms in total.